The SMILES string of the molecule is Cc1coc2c(C)c3oc(=O)c(CC(=O)N4CCC(C(=O)[O-])(c5ccccc5)CC4)c(C)c3cc12. The number of carboxylic acids is 1. The molecule has 1 aliphatic rings. The van der Waals surface area contributed by atoms with Gasteiger partial charge in [-0.15, -0.1) is 0 Å². The van der Waals surface area contributed by atoms with Gasteiger partial charge in [-0.25, -0.2) is 4.79 Å². The molecule has 5 rings (SSSR count). The van der Waals surface area contributed by atoms with Gasteiger partial charge in [-0.05, 0) is 56.4 Å². The van der Waals surface area contributed by atoms with E-state index in [1.165, 1.54) is 0 Å². The van der Waals surface area contributed by atoms with Crippen LogP contribution in [0.15, 0.2) is 56.3 Å². The van der Waals surface area contributed by atoms with Gasteiger partial charge in [0, 0.05) is 34.8 Å². The number of carbonyl (C=O) groups is 2. The van der Waals surface area contributed by atoms with Crippen molar-refractivity contribution in [1.82, 2.24) is 4.90 Å². The van der Waals surface area contributed by atoms with Crippen LogP contribution in [0.5, 0.6) is 0 Å². The second-order valence-electron chi connectivity index (χ2n) is 9.46. The van der Waals surface area contributed by atoms with E-state index in [4.69, 9.17) is 8.83 Å². The summed E-state index contributed by atoms with van der Waals surface area (Å²) in [5.74, 6) is -1.35. The predicted molar refractivity (Wildman–Crippen MR) is 129 cm³/mol. The summed E-state index contributed by atoms with van der Waals surface area (Å²) in [6.07, 6.45) is 2.09. The monoisotopic (exact) mass is 472 g/mol. The van der Waals surface area contributed by atoms with Gasteiger partial charge in [0.25, 0.3) is 0 Å². The van der Waals surface area contributed by atoms with E-state index in [9.17, 15) is 19.5 Å². The van der Waals surface area contributed by atoms with Crippen LogP contribution in [0.25, 0.3) is 21.9 Å². The van der Waals surface area contributed by atoms with Gasteiger partial charge >= 0.3 is 5.63 Å². The van der Waals surface area contributed by atoms with Crippen molar-refractivity contribution >= 4 is 33.8 Å². The highest BCUT2D eigenvalue weighted by Crippen LogP contribution is 2.36. The molecule has 4 aromatic rings. The van der Waals surface area contributed by atoms with Crippen LogP contribution < -0.4 is 10.7 Å². The van der Waals surface area contributed by atoms with E-state index in [1.54, 1.807) is 35.4 Å². The van der Waals surface area contributed by atoms with Crippen LogP contribution in [0.2, 0.25) is 0 Å². The van der Waals surface area contributed by atoms with Crippen LogP contribution in [-0.2, 0) is 21.4 Å². The number of piperidine rings is 1. The first-order chi connectivity index (χ1) is 16.7. The van der Waals surface area contributed by atoms with E-state index in [0.29, 0.717) is 27.9 Å². The average Bonchev–Trinajstić information content (AvgIpc) is 3.23. The highest BCUT2D eigenvalue weighted by molar-refractivity contribution is 6.00. The number of aryl methyl sites for hydroxylation is 3. The lowest BCUT2D eigenvalue weighted by Crippen LogP contribution is -2.54. The Morgan fingerprint density at radius 2 is 1.69 bits per heavy atom. The zero-order valence-corrected chi connectivity index (χ0v) is 20.0. The number of hydrogen-bond acceptors (Lipinski definition) is 6. The molecule has 0 radical (unpaired) electrons. The number of rotatable bonds is 4. The fourth-order valence-electron chi connectivity index (χ4n) is 5.29. The van der Waals surface area contributed by atoms with Crippen LogP contribution in [0.1, 0.15) is 40.7 Å². The Kier molecular flexibility index (Phi) is 5.50. The molecule has 1 aliphatic heterocycles. The van der Waals surface area contributed by atoms with Crippen molar-refractivity contribution < 1.29 is 23.5 Å². The van der Waals surface area contributed by atoms with Gasteiger partial charge in [0.1, 0.15) is 11.2 Å². The third-order valence-electron chi connectivity index (χ3n) is 7.55. The van der Waals surface area contributed by atoms with Gasteiger partial charge in [-0.3, -0.25) is 4.79 Å². The smallest absolute Gasteiger partial charge is 0.340 e. The zero-order chi connectivity index (χ0) is 24.9. The molecule has 35 heavy (non-hydrogen) atoms. The van der Waals surface area contributed by atoms with Gasteiger partial charge in [0.05, 0.1) is 24.2 Å². The van der Waals surface area contributed by atoms with Crippen LogP contribution in [-0.4, -0.2) is 29.9 Å². The summed E-state index contributed by atoms with van der Waals surface area (Å²) in [7, 11) is 0. The summed E-state index contributed by atoms with van der Waals surface area (Å²) in [4.78, 5) is 39.8. The third kappa shape index (κ3) is 3.62. The van der Waals surface area contributed by atoms with Gasteiger partial charge in [0.2, 0.25) is 5.91 Å². The minimum absolute atomic E-state index is 0.102. The summed E-state index contributed by atoms with van der Waals surface area (Å²) in [6, 6.07) is 11.0. The number of fused-ring (bicyclic) bond motifs is 2. The number of amides is 1. The van der Waals surface area contributed by atoms with Crippen LogP contribution in [0.4, 0.5) is 0 Å². The minimum Gasteiger partial charge on any atom is -0.549 e. The normalized spacial score (nSPS) is 15.6. The highest BCUT2D eigenvalue weighted by atomic mass is 16.4. The maximum atomic E-state index is 13.2. The number of furan rings is 1. The summed E-state index contributed by atoms with van der Waals surface area (Å²) >= 11 is 0. The molecule has 0 saturated carbocycles. The Bertz CT molecular complexity index is 1520. The number of aliphatic carboxylic acids is 1. The standard InChI is InChI=1S/C28H27NO6/c1-16-15-34-24-18(3)25-21(13-20(16)24)17(2)22(26(31)35-25)14-23(30)29-11-9-28(10-12-29,27(32)33)19-7-5-4-6-8-19/h4-8,13,15H,9-12,14H2,1-3H3,(H,32,33)/p-1. The fourth-order valence-corrected chi connectivity index (χ4v) is 5.29. The molecule has 0 unspecified atom stereocenters. The lowest BCUT2D eigenvalue weighted by Gasteiger charge is -2.43. The number of likely N-dealkylation sites (tertiary alicyclic amines) is 1. The van der Waals surface area contributed by atoms with Gasteiger partial charge < -0.3 is 23.6 Å². The molecule has 7 nitrogen and oxygen atoms in total. The molecule has 180 valence electrons. The van der Waals surface area contributed by atoms with Crippen molar-refractivity contribution in [3.63, 3.8) is 0 Å². The number of nitrogens with zero attached hydrogens (tertiary/aromatic N) is 1. The summed E-state index contributed by atoms with van der Waals surface area (Å²) in [5, 5.41) is 13.8. The maximum absolute atomic E-state index is 13.2. The van der Waals surface area contributed by atoms with E-state index in [-0.39, 0.29) is 38.3 Å². The molecule has 3 heterocycles. The van der Waals surface area contributed by atoms with Crippen molar-refractivity contribution in [1.29, 1.82) is 0 Å². The van der Waals surface area contributed by atoms with Crippen LogP contribution >= 0.6 is 0 Å². The molecule has 0 atom stereocenters. The Labute approximate surface area is 201 Å². The first kappa shape index (κ1) is 22.9. The number of carbonyl (C=O) groups excluding carboxylic acids is 2. The topological polar surface area (TPSA) is 104 Å². The zero-order valence-electron chi connectivity index (χ0n) is 20.0. The Morgan fingerprint density at radius 1 is 1.00 bits per heavy atom. The van der Waals surface area contributed by atoms with Crippen molar-refractivity contribution in [3.05, 3.63) is 80.9 Å². The molecule has 0 N–H and O–H groups in total. The fraction of sp³-hybridized carbons (Fsp3) is 0.321. The van der Waals surface area contributed by atoms with Crippen molar-refractivity contribution in [2.45, 2.75) is 45.4 Å². The molecule has 0 bridgehead atoms. The second kappa shape index (κ2) is 8.41. The average molecular weight is 473 g/mol. The first-order valence-corrected chi connectivity index (χ1v) is 11.7. The van der Waals surface area contributed by atoms with Crippen LogP contribution in [0.3, 0.4) is 0 Å². The first-order valence-electron chi connectivity index (χ1n) is 11.7. The van der Waals surface area contributed by atoms with Crippen molar-refractivity contribution in [2.24, 2.45) is 0 Å². The number of carboxylic acid groups (broad SMARTS) is 1. The quantitative estimate of drug-likeness (QED) is 0.422. The largest absolute Gasteiger partial charge is 0.549 e. The molecule has 0 spiro atoms. The summed E-state index contributed by atoms with van der Waals surface area (Å²) < 4.78 is 11.3. The van der Waals surface area contributed by atoms with Gasteiger partial charge in [-0.1, -0.05) is 30.3 Å². The molecular formula is C28H26NO6-. The van der Waals surface area contributed by atoms with Gasteiger partial charge in [0.15, 0.2) is 0 Å². The maximum Gasteiger partial charge on any atom is 0.340 e. The highest BCUT2D eigenvalue weighted by Gasteiger charge is 2.39. The van der Waals surface area contributed by atoms with E-state index >= 15 is 0 Å². The summed E-state index contributed by atoms with van der Waals surface area (Å²) in [5.41, 5.74) is 2.93. The van der Waals surface area contributed by atoms with Crippen LogP contribution in [0, 0.1) is 20.8 Å². The Balaban J connectivity index is 1.42. The van der Waals surface area contributed by atoms with E-state index in [0.717, 1.165) is 21.9 Å². The number of hydrogen-bond donors (Lipinski definition) is 0. The minimum atomic E-state index is -1.13. The molecule has 1 fully saturated rings. The molecule has 1 amide bonds. The third-order valence-corrected chi connectivity index (χ3v) is 7.55. The van der Waals surface area contributed by atoms with Crippen molar-refractivity contribution in [3.8, 4) is 0 Å². The van der Waals surface area contributed by atoms with Crippen molar-refractivity contribution in [2.75, 3.05) is 13.1 Å². The summed E-state index contributed by atoms with van der Waals surface area (Å²) in [6.45, 7) is 6.18. The lowest BCUT2D eigenvalue weighted by molar-refractivity contribution is -0.315. The molecule has 2 aromatic heterocycles. The molecule has 2 aromatic carbocycles. The predicted octanol–water partition coefficient (Wildman–Crippen LogP) is 3.32. The molecule has 0 aliphatic carbocycles. The van der Waals surface area contributed by atoms with Gasteiger partial charge in [-0.2, -0.15) is 0 Å². The second-order valence-corrected chi connectivity index (χ2v) is 9.46. The molecule has 7 heteroatoms. The molecular weight excluding hydrogens is 446 g/mol. The Hall–Kier alpha value is -3.87. The van der Waals surface area contributed by atoms with E-state index < -0.39 is 17.0 Å². The van der Waals surface area contributed by atoms with E-state index in [2.05, 4.69) is 0 Å². The number of benzene rings is 2. The Morgan fingerprint density at radius 3 is 2.34 bits per heavy atom. The molecule has 1 saturated heterocycles. The van der Waals surface area contributed by atoms with E-state index in [1.807, 2.05) is 32.9 Å². The lowest BCUT2D eigenvalue weighted by atomic mass is 9.73.